The summed E-state index contributed by atoms with van der Waals surface area (Å²) in [6.07, 6.45) is 23.8. The molecule has 0 saturated heterocycles. The molecule has 30 heavy (non-hydrogen) atoms. The fourth-order valence-electron chi connectivity index (χ4n) is 9.00. The third-order valence-corrected chi connectivity index (χ3v) is 9.99. The Hall–Kier alpha value is -0.340. The molecular weight excluding hydrogens is 368 g/mol. The predicted octanol–water partition coefficient (Wildman–Crippen LogP) is 7.30. The normalized spacial score (nSPS) is 42.3. The average Bonchev–Trinajstić information content (AvgIpc) is 3.07. The van der Waals surface area contributed by atoms with Crippen molar-refractivity contribution in [3.05, 3.63) is 12.7 Å². The first-order valence-electron chi connectivity index (χ1n) is 13.6. The van der Waals surface area contributed by atoms with Gasteiger partial charge in [0.15, 0.2) is 0 Å². The molecule has 2 heteroatoms. The van der Waals surface area contributed by atoms with Crippen molar-refractivity contribution in [2.24, 2.45) is 35.0 Å². The standard InChI is InChI=1S/C28H48O2/c1-3-9-23(30-20-4-2)18-19-28(21-14-16-22(29)17-15-21)26-12-7-5-10-24(26)25-11-6-8-13-27(25)28/h4,21-27,29H,2-3,5-20H2,1H3. The van der Waals surface area contributed by atoms with Gasteiger partial charge in [0.05, 0.1) is 18.8 Å². The fraction of sp³-hybridized carbons (Fsp3) is 0.929. The number of rotatable bonds is 9. The zero-order valence-electron chi connectivity index (χ0n) is 19.7. The van der Waals surface area contributed by atoms with Gasteiger partial charge in [0.1, 0.15) is 0 Å². The molecule has 4 aliphatic rings. The minimum atomic E-state index is -0.0345. The lowest BCUT2D eigenvalue weighted by atomic mass is 9.54. The Morgan fingerprint density at radius 3 is 2.07 bits per heavy atom. The van der Waals surface area contributed by atoms with Crippen LogP contribution in [0.15, 0.2) is 12.7 Å². The monoisotopic (exact) mass is 416 g/mol. The summed E-state index contributed by atoms with van der Waals surface area (Å²) in [6.45, 7) is 6.88. The minimum Gasteiger partial charge on any atom is -0.393 e. The first-order valence-corrected chi connectivity index (χ1v) is 13.6. The van der Waals surface area contributed by atoms with Crippen LogP contribution in [0.25, 0.3) is 0 Å². The summed E-state index contributed by atoms with van der Waals surface area (Å²) in [6, 6.07) is 0. The van der Waals surface area contributed by atoms with Crippen molar-refractivity contribution in [2.45, 2.75) is 122 Å². The summed E-state index contributed by atoms with van der Waals surface area (Å²) >= 11 is 0. The molecule has 0 aromatic rings. The van der Waals surface area contributed by atoms with E-state index in [9.17, 15) is 5.11 Å². The molecule has 0 radical (unpaired) electrons. The van der Waals surface area contributed by atoms with Gasteiger partial charge in [-0.25, -0.2) is 0 Å². The topological polar surface area (TPSA) is 29.5 Å². The Labute approximate surface area is 186 Å². The van der Waals surface area contributed by atoms with E-state index in [1.54, 1.807) is 0 Å². The zero-order valence-corrected chi connectivity index (χ0v) is 19.7. The molecule has 0 bridgehead atoms. The van der Waals surface area contributed by atoms with Gasteiger partial charge in [-0.15, -0.1) is 6.58 Å². The largest absolute Gasteiger partial charge is 0.393 e. The predicted molar refractivity (Wildman–Crippen MR) is 125 cm³/mol. The molecule has 2 nitrogen and oxygen atoms in total. The van der Waals surface area contributed by atoms with E-state index >= 15 is 0 Å². The molecule has 0 aromatic carbocycles. The molecule has 5 unspecified atom stereocenters. The Morgan fingerprint density at radius 2 is 1.50 bits per heavy atom. The zero-order chi connectivity index (χ0) is 21.0. The van der Waals surface area contributed by atoms with Gasteiger partial charge in [0.25, 0.3) is 0 Å². The van der Waals surface area contributed by atoms with Crippen LogP contribution >= 0.6 is 0 Å². The third kappa shape index (κ3) is 4.42. The van der Waals surface area contributed by atoms with Crippen LogP contribution in [0.1, 0.15) is 110 Å². The van der Waals surface area contributed by atoms with Crippen molar-refractivity contribution < 1.29 is 9.84 Å². The number of ether oxygens (including phenoxy) is 1. The lowest BCUT2D eigenvalue weighted by Crippen LogP contribution is -2.45. The molecule has 0 aromatic heterocycles. The maximum atomic E-state index is 10.3. The summed E-state index contributed by atoms with van der Waals surface area (Å²) in [5.74, 6) is 4.79. The number of aliphatic hydroxyl groups excluding tert-OH is 1. The van der Waals surface area contributed by atoms with E-state index < -0.39 is 0 Å². The summed E-state index contributed by atoms with van der Waals surface area (Å²) in [4.78, 5) is 0. The van der Waals surface area contributed by atoms with E-state index in [-0.39, 0.29) is 6.10 Å². The van der Waals surface area contributed by atoms with Crippen molar-refractivity contribution in [1.29, 1.82) is 0 Å². The van der Waals surface area contributed by atoms with Gasteiger partial charge < -0.3 is 9.84 Å². The molecule has 4 rings (SSSR count). The highest BCUT2D eigenvalue weighted by molar-refractivity contribution is 5.10. The molecule has 4 saturated carbocycles. The van der Waals surface area contributed by atoms with Crippen molar-refractivity contribution in [2.75, 3.05) is 6.61 Å². The molecule has 0 spiro atoms. The summed E-state index contributed by atoms with van der Waals surface area (Å²) in [5, 5.41) is 10.3. The molecular formula is C28H48O2. The summed E-state index contributed by atoms with van der Waals surface area (Å²) in [5.41, 5.74) is 0.542. The Balaban J connectivity index is 1.61. The third-order valence-electron chi connectivity index (χ3n) is 9.99. The molecule has 1 N–H and O–H groups in total. The summed E-state index contributed by atoms with van der Waals surface area (Å²) < 4.78 is 6.25. The van der Waals surface area contributed by atoms with Crippen molar-refractivity contribution in [1.82, 2.24) is 0 Å². The van der Waals surface area contributed by atoms with Crippen LogP contribution in [0, 0.1) is 35.0 Å². The number of hydrogen-bond acceptors (Lipinski definition) is 2. The number of hydrogen-bond donors (Lipinski definition) is 1. The summed E-state index contributed by atoms with van der Waals surface area (Å²) in [7, 11) is 0. The maximum Gasteiger partial charge on any atom is 0.0648 e. The highest BCUT2D eigenvalue weighted by Crippen LogP contribution is 2.69. The van der Waals surface area contributed by atoms with Crippen LogP contribution in [0.5, 0.6) is 0 Å². The first-order chi connectivity index (χ1) is 14.7. The van der Waals surface area contributed by atoms with Gasteiger partial charge in [0.2, 0.25) is 0 Å². The lowest BCUT2D eigenvalue weighted by Gasteiger charge is -2.51. The molecule has 4 aliphatic carbocycles. The van der Waals surface area contributed by atoms with Gasteiger partial charge in [-0.05, 0) is 106 Å². The highest BCUT2D eigenvalue weighted by atomic mass is 16.5. The van der Waals surface area contributed by atoms with Crippen LogP contribution < -0.4 is 0 Å². The van der Waals surface area contributed by atoms with Gasteiger partial charge in [0, 0.05) is 0 Å². The molecule has 5 atom stereocenters. The first kappa shape index (κ1) is 22.8. The minimum absolute atomic E-state index is 0.0345. The second kappa shape index (κ2) is 10.5. The van der Waals surface area contributed by atoms with E-state index in [0.717, 1.165) is 42.4 Å². The van der Waals surface area contributed by atoms with Gasteiger partial charge >= 0.3 is 0 Å². The Morgan fingerprint density at radius 1 is 0.900 bits per heavy atom. The lowest BCUT2D eigenvalue weighted by molar-refractivity contribution is -0.0477. The van der Waals surface area contributed by atoms with E-state index in [1.165, 1.54) is 89.9 Å². The van der Waals surface area contributed by atoms with Crippen LogP contribution in [0.3, 0.4) is 0 Å². The highest BCUT2D eigenvalue weighted by Gasteiger charge is 2.62. The SMILES string of the molecule is C=CCOC(CCC)CCC1(C2CCC(O)CC2)C2CCCCC2C2CCCCC21. The average molecular weight is 417 g/mol. The van der Waals surface area contributed by atoms with Gasteiger partial charge in [-0.2, -0.15) is 0 Å². The Bertz CT molecular complexity index is 513. The maximum absolute atomic E-state index is 10.3. The van der Waals surface area contributed by atoms with Crippen LogP contribution in [0.4, 0.5) is 0 Å². The van der Waals surface area contributed by atoms with Crippen molar-refractivity contribution in [3.63, 3.8) is 0 Å². The van der Waals surface area contributed by atoms with Crippen molar-refractivity contribution in [3.8, 4) is 0 Å². The van der Waals surface area contributed by atoms with E-state index in [2.05, 4.69) is 13.5 Å². The second-order valence-corrected chi connectivity index (χ2v) is 11.3. The van der Waals surface area contributed by atoms with Crippen LogP contribution in [-0.2, 0) is 4.74 Å². The smallest absolute Gasteiger partial charge is 0.0648 e. The number of aliphatic hydroxyl groups is 1. The molecule has 0 aliphatic heterocycles. The molecule has 0 amide bonds. The van der Waals surface area contributed by atoms with Gasteiger partial charge in [-0.1, -0.05) is 45.1 Å². The molecule has 0 heterocycles. The Kier molecular flexibility index (Phi) is 8.01. The fourth-order valence-corrected chi connectivity index (χ4v) is 9.00. The van der Waals surface area contributed by atoms with Crippen molar-refractivity contribution >= 4 is 0 Å². The van der Waals surface area contributed by atoms with Crippen LogP contribution in [-0.4, -0.2) is 23.9 Å². The van der Waals surface area contributed by atoms with E-state index in [0.29, 0.717) is 18.1 Å². The number of fused-ring (bicyclic) bond motifs is 3. The second-order valence-electron chi connectivity index (χ2n) is 11.3. The molecule has 4 fully saturated rings. The quantitative estimate of drug-likeness (QED) is 0.399. The van der Waals surface area contributed by atoms with Gasteiger partial charge in [-0.3, -0.25) is 0 Å². The van der Waals surface area contributed by atoms with Crippen LogP contribution in [0.2, 0.25) is 0 Å². The van der Waals surface area contributed by atoms with E-state index in [1.807, 2.05) is 6.08 Å². The van der Waals surface area contributed by atoms with E-state index in [4.69, 9.17) is 4.74 Å². The molecule has 172 valence electrons.